The van der Waals surface area contributed by atoms with E-state index >= 15 is 0 Å². The molecule has 0 aromatic carbocycles. The zero-order chi connectivity index (χ0) is 5.78. The van der Waals surface area contributed by atoms with Crippen LogP contribution < -0.4 is 0 Å². The van der Waals surface area contributed by atoms with Gasteiger partial charge in [-0.3, -0.25) is 0 Å². The molecule has 1 heteroatoms. The Morgan fingerprint density at radius 3 is 2.25 bits per heavy atom. The summed E-state index contributed by atoms with van der Waals surface area (Å²) in [6, 6.07) is 0. The van der Waals surface area contributed by atoms with Crippen LogP contribution in [0.15, 0.2) is 0 Å². The van der Waals surface area contributed by atoms with E-state index in [9.17, 15) is 0 Å². The molecule has 2 unspecified atom stereocenters. The maximum Gasteiger partial charge on any atom is 0.0739 e. The Bertz CT molecular complexity index is 106. The molecule has 0 aromatic rings. The number of hydrogen-bond donors (Lipinski definition) is 0. The Morgan fingerprint density at radius 1 is 1.62 bits per heavy atom. The van der Waals surface area contributed by atoms with Crippen molar-refractivity contribution in [3.63, 3.8) is 0 Å². The molecule has 2 saturated carbocycles. The summed E-state index contributed by atoms with van der Waals surface area (Å²) in [4.78, 5) is 0. The monoisotopic (exact) mass is 112 g/mol. The summed E-state index contributed by atoms with van der Waals surface area (Å²) in [7, 11) is 1.84. The lowest BCUT2D eigenvalue weighted by atomic mass is 10.1. The summed E-state index contributed by atoms with van der Waals surface area (Å²) < 4.78 is 5.36. The Labute approximate surface area is 50.0 Å². The first-order chi connectivity index (χ1) is 3.85. The van der Waals surface area contributed by atoms with Crippen LogP contribution in [0.2, 0.25) is 0 Å². The highest BCUT2D eigenvalue weighted by Crippen LogP contribution is 2.74. The minimum Gasteiger partial charge on any atom is -0.378 e. The van der Waals surface area contributed by atoms with Crippen LogP contribution in [-0.2, 0) is 4.74 Å². The number of methoxy groups -OCH3 is 1. The van der Waals surface area contributed by atoms with E-state index in [2.05, 4.69) is 6.92 Å². The summed E-state index contributed by atoms with van der Waals surface area (Å²) >= 11 is 0. The Morgan fingerprint density at radius 2 is 2.25 bits per heavy atom. The maximum atomic E-state index is 5.36. The Kier molecular flexibility index (Phi) is 0.663. The highest BCUT2D eigenvalue weighted by Gasteiger charge is 2.76. The van der Waals surface area contributed by atoms with E-state index in [1.807, 2.05) is 7.11 Å². The number of hydrogen-bond acceptors (Lipinski definition) is 1. The molecule has 2 rings (SSSR count). The van der Waals surface area contributed by atoms with Crippen molar-refractivity contribution in [1.82, 2.24) is 0 Å². The summed E-state index contributed by atoms with van der Waals surface area (Å²) in [5.41, 5.74) is 0.389. The molecule has 0 aliphatic heterocycles. The van der Waals surface area contributed by atoms with Crippen molar-refractivity contribution in [2.45, 2.75) is 25.4 Å². The van der Waals surface area contributed by atoms with Gasteiger partial charge in [0.05, 0.1) is 5.60 Å². The molecule has 2 aliphatic carbocycles. The molecule has 0 spiro atoms. The van der Waals surface area contributed by atoms with Crippen LogP contribution in [0.5, 0.6) is 0 Å². The zero-order valence-corrected chi connectivity index (χ0v) is 5.48. The normalized spacial score (nSPS) is 57.8. The van der Waals surface area contributed by atoms with Gasteiger partial charge in [0.25, 0.3) is 0 Å². The van der Waals surface area contributed by atoms with Crippen molar-refractivity contribution in [2.75, 3.05) is 7.11 Å². The number of ether oxygens (including phenoxy) is 1. The summed E-state index contributed by atoms with van der Waals surface area (Å²) in [5, 5.41) is 0. The van der Waals surface area contributed by atoms with E-state index in [1.54, 1.807) is 0 Å². The number of rotatable bonds is 2. The van der Waals surface area contributed by atoms with E-state index in [0.717, 1.165) is 11.8 Å². The lowest BCUT2D eigenvalue weighted by Crippen LogP contribution is -2.20. The average Bonchev–Trinajstić information content (AvgIpc) is 2.53. The fourth-order valence-corrected chi connectivity index (χ4v) is 1.98. The molecule has 0 saturated heterocycles. The van der Waals surface area contributed by atoms with Crippen LogP contribution in [0.1, 0.15) is 19.8 Å². The van der Waals surface area contributed by atoms with Crippen LogP contribution in [0, 0.1) is 11.8 Å². The Hall–Kier alpha value is -0.0400. The molecule has 1 nitrogen and oxygen atoms in total. The SMILES string of the molecule is CCC1(OC)C2CC21. The predicted octanol–water partition coefficient (Wildman–Crippen LogP) is 1.43. The van der Waals surface area contributed by atoms with Crippen molar-refractivity contribution in [1.29, 1.82) is 0 Å². The fourth-order valence-electron chi connectivity index (χ4n) is 1.98. The minimum atomic E-state index is 0.389. The summed E-state index contributed by atoms with van der Waals surface area (Å²) in [5.74, 6) is 1.94. The van der Waals surface area contributed by atoms with Crippen molar-refractivity contribution >= 4 is 0 Å². The molecular formula is C7H12O. The van der Waals surface area contributed by atoms with Crippen LogP contribution in [0.4, 0.5) is 0 Å². The van der Waals surface area contributed by atoms with Crippen LogP contribution in [0.25, 0.3) is 0 Å². The van der Waals surface area contributed by atoms with Gasteiger partial charge in [-0.15, -0.1) is 0 Å². The van der Waals surface area contributed by atoms with Crippen molar-refractivity contribution in [2.24, 2.45) is 11.8 Å². The van der Waals surface area contributed by atoms with Crippen LogP contribution >= 0.6 is 0 Å². The molecular weight excluding hydrogens is 100 g/mol. The third-order valence-corrected chi connectivity index (χ3v) is 2.87. The van der Waals surface area contributed by atoms with Gasteiger partial charge in [0.2, 0.25) is 0 Å². The molecule has 2 aliphatic rings. The molecule has 0 heterocycles. The fraction of sp³-hybridized carbons (Fsp3) is 1.00. The quantitative estimate of drug-likeness (QED) is 0.525. The molecule has 0 N–H and O–H groups in total. The molecule has 0 aromatic heterocycles. The van der Waals surface area contributed by atoms with Gasteiger partial charge in [0.15, 0.2) is 0 Å². The van der Waals surface area contributed by atoms with E-state index < -0.39 is 0 Å². The van der Waals surface area contributed by atoms with Crippen molar-refractivity contribution in [3.8, 4) is 0 Å². The molecule has 0 bridgehead atoms. The predicted molar refractivity (Wildman–Crippen MR) is 31.6 cm³/mol. The topological polar surface area (TPSA) is 9.23 Å². The molecule has 0 amide bonds. The van der Waals surface area contributed by atoms with Crippen molar-refractivity contribution in [3.05, 3.63) is 0 Å². The molecule has 2 atom stereocenters. The van der Waals surface area contributed by atoms with E-state index in [-0.39, 0.29) is 0 Å². The van der Waals surface area contributed by atoms with E-state index in [4.69, 9.17) is 4.74 Å². The van der Waals surface area contributed by atoms with Crippen LogP contribution in [-0.4, -0.2) is 12.7 Å². The third kappa shape index (κ3) is 0.304. The standard InChI is InChI=1S/C7H12O/c1-3-7(8-2)5-4-6(5)7/h5-6H,3-4H2,1-2H3. The molecule has 0 radical (unpaired) electrons. The van der Waals surface area contributed by atoms with Gasteiger partial charge in [0.1, 0.15) is 0 Å². The smallest absolute Gasteiger partial charge is 0.0739 e. The maximum absolute atomic E-state index is 5.36. The van der Waals surface area contributed by atoms with E-state index in [0.29, 0.717) is 5.60 Å². The average molecular weight is 112 g/mol. The van der Waals surface area contributed by atoms with Crippen molar-refractivity contribution < 1.29 is 4.74 Å². The summed E-state index contributed by atoms with van der Waals surface area (Å²) in [6.07, 6.45) is 2.67. The lowest BCUT2D eigenvalue weighted by Gasteiger charge is -2.17. The zero-order valence-electron chi connectivity index (χ0n) is 5.48. The molecule has 46 valence electrons. The first-order valence-corrected chi connectivity index (χ1v) is 3.40. The van der Waals surface area contributed by atoms with Gasteiger partial charge in [0, 0.05) is 7.11 Å². The molecule has 8 heavy (non-hydrogen) atoms. The highest BCUT2D eigenvalue weighted by atomic mass is 16.5. The molecule has 2 fully saturated rings. The van der Waals surface area contributed by atoms with Gasteiger partial charge >= 0.3 is 0 Å². The third-order valence-electron chi connectivity index (χ3n) is 2.87. The summed E-state index contributed by atoms with van der Waals surface area (Å²) in [6.45, 7) is 2.22. The Balaban J connectivity index is 2.01. The first kappa shape index (κ1) is 4.80. The van der Waals surface area contributed by atoms with Gasteiger partial charge in [-0.1, -0.05) is 6.92 Å². The number of fused-ring (bicyclic) bond motifs is 1. The second-order valence-electron chi connectivity index (χ2n) is 2.96. The first-order valence-electron chi connectivity index (χ1n) is 3.40. The highest BCUT2D eigenvalue weighted by molar-refractivity contribution is 5.25. The van der Waals surface area contributed by atoms with Gasteiger partial charge in [-0.05, 0) is 24.7 Å². The largest absolute Gasteiger partial charge is 0.378 e. The van der Waals surface area contributed by atoms with E-state index in [1.165, 1.54) is 12.8 Å². The van der Waals surface area contributed by atoms with Gasteiger partial charge in [-0.25, -0.2) is 0 Å². The van der Waals surface area contributed by atoms with Gasteiger partial charge in [-0.2, -0.15) is 0 Å². The second-order valence-corrected chi connectivity index (χ2v) is 2.96. The van der Waals surface area contributed by atoms with Crippen LogP contribution in [0.3, 0.4) is 0 Å². The van der Waals surface area contributed by atoms with Gasteiger partial charge < -0.3 is 4.74 Å². The lowest BCUT2D eigenvalue weighted by molar-refractivity contribution is 0.0291. The second kappa shape index (κ2) is 1.10. The minimum absolute atomic E-state index is 0.389.